The van der Waals surface area contributed by atoms with Gasteiger partial charge in [-0.1, -0.05) is 13.3 Å². The molecule has 1 saturated heterocycles. The number of piperidine rings is 1. The number of carbonyl (C=O) groups is 1. The number of rotatable bonds is 7. The van der Waals surface area contributed by atoms with Gasteiger partial charge in [-0.25, -0.2) is 0 Å². The number of carbonyl (C=O) groups excluding carboxylic acids is 1. The van der Waals surface area contributed by atoms with Gasteiger partial charge in [-0.05, 0) is 39.3 Å². The Labute approximate surface area is 105 Å². The van der Waals surface area contributed by atoms with E-state index >= 15 is 0 Å². The normalized spacial score (nSPS) is 20.5. The molecule has 0 spiro atoms. The Morgan fingerprint density at radius 3 is 2.82 bits per heavy atom. The molecule has 0 aromatic carbocycles. The molecule has 0 aromatic heterocycles. The van der Waals surface area contributed by atoms with Gasteiger partial charge in [0.05, 0.1) is 6.54 Å². The van der Waals surface area contributed by atoms with E-state index in [1.54, 1.807) is 0 Å². The van der Waals surface area contributed by atoms with Gasteiger partial charge in [0, 0.05) is 19.1 Å². The second-order valence-corrected chi connectivity index (χ2v) is 4.84. The lowest BCUT2D eigenvalue weighted by molar-refractivity contribution is -0.122. The van der Waals surface area contributed by atoms with Gasteiger partial charge in [0.15, 0.2) is 0 Å². The van der Waals surface area contributed by atoms with Crippen LogP contribution >= 0.6 is 0 Å². The van der Waals surface area contributed by atoms with Crippen molar-refractivity contribution in [3.63, 3.8) is 0 Å². The molecular formula is C13H27N3O. The molecule has 1 aliphatic rings. The molecule has 0 saturated carbocycles. The summed E-state index contributed by atoms with van der Waals surface area (Å²) in [6.45, 7) is 8.54. The lowest BCUT2D eigenvalue weighted by Gasteiger charge is -2.30. The van der Waals surface area contributed by atoms with E-state index in [-0.39, 0.29) is 5.91 Å². The Balaban J connectivity index is 2.32. The van der Waals surface area contributed by atoms with Crippen molar-refractivity contribution < 1.29 is 4.79 Å². The highest BCUT2D eigenvalue weighted by atomic mass is 16.2. The second kappa shape index (κ2) is 8.48. The average molecular weight is 241 g/mol. The summed E-state index contributed by atoms with van der Waals surface area (Å²) in [5, 5.41) is 6.41. The maximum Gasteiger partial charge on any atom is 0.234 e. The molecule has 0 aliphatic carbocycles. The van der Waals surface area contributed by atoms with Crippen LogP contribution in [0.4, 0.5) is 0 Å². The molecule has 0 bridgehead atoms. The highest BCUT2D eigenvalue weighted by Crippen LogP contribution is 2.08. The van der Waals surface area contributed by atoms with Gasteiger partial charge in [-0.3, -0.25) is 9.69 Å². The molecule has 1 atom stereocenters. The van der Waals surface area contributed by atoms with Crippen LogP contribution in [-0.4, -0.2) is 49.6 Å². The molecule has 4 heteroatoms. The third-order valence-electron chi connectivity index (χ3n) is 3.17. The van der Waals surface area contributed by atoms with E-state index in [0.717, 1.165) is 32.6 Å². The van der Waals surface area contributed by atoms with E-state index in [2.05, 4.69) is 22.5 Å². The van der Waals surface area contributed by atoms with Crippen molar-refractivity contribution in [2.24, 2.45) is 0 Å². The molecule has 1 rings (SSSR count). The molecule has 2 N–H and O–H groups in total. The summed E-state index contributed by atoms with van der Waals surface area (Å²) in [6.07, 6.45) is 4.96. The molecule has 17 heavy (non-hydrogen) atoms. The Kier molecular flexibility index (Phi) is 7.21. The third-order valence-corrected chi connectivity index (χ3v) is 3.17. The fourth-order valence-electron chi connectivity index (χ4n) is 2.40. The molecule has 1 amide bonds. The predicted molar refractivity (Wildman–Crippen MR) is 71.1 cm³/mol. The van der Waals surface area contributed by atoms with Gasteiger partial charge in [0.1, 0.15) is 0 Å². The SMILES string of the molecule is CCCN(CC(=O)NCC)CC1CCCCN1. The minimum Gasteiger partial charge on any atom is -0.355 e. The van der Waals surface area contributed by atoms with Crippen molar-refractivity contribution in [3.8, 4) is 0 Å². The molecule has 0 aromatic rings. The van der Waals surface area contributed by atoms with Gasteiger partial charge in [0.2, 0.25) is 5.91 Å². The van der Waals surface area contributed by atoms with Gasteiger partial charge in [-0.15, -0.1) is 0 Å². The standard InChI is InChI=1S/C13H27N3O/c1-3-9-16(11-13(17)14-4-2)10-12-7-5-6-8-15-12/h12,15H,3-11H2,1-2H3,(H,14,17). The zero-order valence-electron chi connectivity index (χ0n) is 11.3. The molecule has 4 nitrogen and oxygen atoms in total. The van der Waals surface area contributed by atoms with E-state index < -0.39 is 0 Å². The molecule has 1 fully saturated rings. The summed E-state index contributed by atoms with van der Waals surface area (Å²) in [4.78, 5) is 13.9. The van der Waals surface area contributed by atoms with Crippen LogP contribution < -0.4 is 10.6 Å². The molecule has 100 valence electrons. The van der Waals surface area contributed by atoms with Crippen LogP contribution in [0, 0.1) is 0 Å². The molecular weight excluding hydrogens is 214 g/mol. The van der Waals surface area contributed by atoms with E-state index in [9.17, 15) is 4.79 Å². The van der Waals surface area contributed by atoms with Crippen LogP contribution in [0.5, 0.6) is 0 Å². The quantitative estimate of drug-likeness (QED) is 0.698. The molecule has 1 aliphatic heterocycles. The summed E-state index contributed by atoms with van der Waals surface area (Å²) in [6, 6.07) is 0.574. The highest BCUT2D eigenvalue weighted by Gasteiger charge is 2.17. The fourth-order valence-corrected chi connectivity index (χ4v) is 2.40. The predicted octanol–water partition coefficient (Wildman–Crippen LogP) is 0.977. The third kappa shape index (κ3) is 6.03. The summed E-state index contributed by atoms with van der Waals surface area (Å²) in [5.41, 5.74) is 0. The van der Waals surface area contributed by atoms with Crippen molar-refractivity contribution in [2.45, 2.75) is 45.6 Å². The maximum absolute atomic E-state index is 11.6. The number of hydrogen-bond acceptors (Lipinski definition) is 3. The number of nitrogens with one attached hydrogen (secondary N) is 2. The zero-order valence-corrected chi connectivity index (χ0v) is 11.3. The number of amides is 1. The van der Waals surface area contributed by atoms with Crippen molar-refractivity contribution in [1.82, 2.24) is 15.5 Å². The van der Waals surface area contributed by atoms with Crippen LogP contribution in [0.1, 0.15) is 39.5 Å². The number of likely N-dealkylation sites (N-methyl/N-ethyl adjacent to an activating group) is 1. The van der Waals surface area contributed by atoms with E-state index in [4.69, 9.17) is 0 Å². The lowest BCUT2D eigenvalue weighted by atomic mass is 10.0. The zero-order chi connectivity index (χ0) is 12.5. The molecule has 1 heterocycles. The minimum absolute atomic E-state index is 0.150. The first-order valence-corrected chi connectivity index (χ1v) is 6.98. The monoisotopic (exact) mass is 241 g/mol. The van der Waals surface area contributed by atoms with Gasteiger partial charge >= 0.3 is 0 Å². The maximum atomic E-state index is 11.6. The van der Waals surface area contributed by atoms with Crippen LogP contribution in [0.2, 0.25) is 0 Å². The number of hydrogen-bond donors (Lipinski definition) is 2. The van der Waals surface area contributed by atoms with Crippen molar-refractivity contribution in [1.29, 1.82) is 0 Å². The van der Waals surface area contributed by atoms with Gasteiger partial charge in [-0.2, -0.15) is 0 Å². The van der Waals surface area contributed by atoms with Crippen LogP contribution in [0.3, 0.4) is 0 Å². The smallest absolute Gasteiger partial charge is 0.234 e. The summed E-state index contributed by atoms with van der Waals surface area (Å²) < 4.78 is 0. The number of nitrogens with zero attached hydrogens (tertiary/aromatic N) is 1. The topological polar surface area (TPSA) is 44.4 Å². The largest absolute Gasteiger partial charge is 0.355 e. The summed E-state index contributed by atoms with van der Waals surface area (Å²) in [5.74, 6) is 0.150. The Morgan fingerprint density at radius 2 is 2.24 bits per heavy atom. The average Bonchev–Trinajstić information content (AvgIpc) is 2.31. The Bertz CT molecular complexity index is 215. The van der Waals surface area contributed by atoms with Crippen molar-refractivity contribution in [3.05, 3.63) is 0 Å². The van der Waals surface area contributed by atoms with Crippen molar-refractivity contribution >= 4 is 5.91 Å². The molecule has 0 radical (unpaired) electrons. The van der Waals surface area contributed by atoms with Gasteiger partial charge < -0.3 is 10.6 Å². The first-order chi connectivity index (χ1) is 8.26. The van der Waals surface area contributed by atoms with Crippen LogP contribution in [0.25, 0.3) is 0 Å². The Morgan fingerprint density at radius 1 is 1.41 bits per heavy atom. The van der Waals surface area contributed by atoms with Crippen LogP contribution in [0.15, 0.2) is 0 Å². The van der Waals surface area contributed by atoms with Crippen molar-refractivity contribution in [2.75, 3.05) is 32.7 Å². The Hall–Kier alpha value is -0.610. The first-order valence-electron chi connectivity index (χ1n) is 6.98. The lowest BCUT2D eigenvalue weighted by Crippen LogP contribution is -2.46. The van der Waals surface area contributed by atoms with E-state index in [1.807, 2.05) is 6.92 Å². The second-order valence-electron chi connectivity index (χ2n) is 4.84. The fraction of sp³-hybridized carbons (Fsp3) is 0.923. The highest BCUT2D eigenvalue weighted by molar-refractivity contribution is 5.77. The minimum atomic E-state index is 0.150. The van der Waals surface area contributed by atoms with Crippen LogP contribution in [-0.2, 0) is 4.79 Å². The van der Waals surface area contributed by atoms with E-state index in [1.165, 1.54) is 19.3 Å². The summed E-state index contributed by atoms with van der Waals surface area (Å²) >= 11 is 0. The molecule has 1 unspecified atom stereocenters. The summed E-state index contributed by atoms with van der Waals surface area (Å²) in [7, 11) is 0. The van der Waals surface area contributed by atoms with E-state index in [0.29, 0.717) is 12.6 Å². The first kappa shape index (κ1) is 14.5. The van der Waals surface area contributed by atoms with Gasteiger partial charge in [0.25, 0.3) is 0 Å².